The predicted molar refractivity (Wildman–Crippen MR) is 80.5 cm³/mol. The summed E-state index contributed by atoms with van der Waals surface area (Å²) >= 11 is 1.64. The summed E-state index contributed by atoms with van der Waals surface area (Å²) in [5.74, 6) is -0.444. The average Bonchev–Trinajstić information content (AvgIpc) is 2.69. The van der Waals surface area contributed by atoms with Gasteiger partial charge in [0.15, 0.2) is 6.10 Å². The molecule has 5 heteroatoms. The van der Waals surface area contributed by atoms with E-state index in [1.54, 1.807) is 17.4 Å². The summed E-state index contributed by atoms with van der Waals surface area (Å²) in [6, 6.07) is 5.62. The van der Waals surface area contributed by atoms with Gasteiger partial charge in [-0.3, -0.25) is 0 Å². The van der Waals surface area contributed by atoms with Crippen LogP contribution in [0, 0.1) is 5.41 Å². The number of aliphatic carboxylic acids is 1. The normalized spacial score (nSPS) is 13.4. The van der Waals surface area contributed by atoms with E-state index in [1.165, 1.54) is 6.92 Å². The van der Waals surface area contributed by atoms with Gasteiger partial charge in [0.2, 0.25) is 0 Å². The van der Waals surface area contributed by atoms with Gasteiger partial charge in [0.1, 0.15) is 11.3 Å². The molecule has 20 heavy (non-hydrogen) atoms. The number of rotatable bonds is 4. The van der Waals surface area contributed by atoms with Crippen LogP contribution in [0.5, 0.6) is 5.75 Å². The lowest BCUT2D eigenvalue weighted by atomic mass is 9.93. The van der Waals surface area contributed by atoms with Gasteiger partial charge in [-0.05, 0) is 24.5 Å². The van der Waals surface area contributed by atoms with Crippen molar-refractivity contribution in [1.82, 2.24) is 4.98 Å². The standard InChI is InChI=1S/C15H19NO3S/c1-9(14(17)18)19-10-6-5-7-11-13(10)16-12(20-11)8-15(2,3)4/h5-7,9H,8H2,1-4H3,(H,17,18). The maximum absolute atomic E-state index is 10.9. The van der Waals surface area contributed by atoms with Gasteiger partial charge in [-0.2, -0.15) is 0 Å². The maximum Gasteiger partial charge on any atom is 0.344 e. The SMILES string of the molecule is CC(Oc1cccc2sc(CC(C)(C)C)nc12)C(=O)O. The maximum atomic E-state index is 10.9. The van der Waals surface area contributed by atoms with Crippen molar-refractivity contribution in [1.29, 1.82) is 0 Å². The third-order valence-electron chi connectivity index (χ3n) is 2.76. The Morgan fingerprint density at radius 3 is 2.75 bits per heavy atom. The quantitative estimate of drug-likeness (QED) is 0.933. The molecule has 2 aromatic rings. The van der Waals surface area contributed by atoms with Crippen LogP contribution in [0.3, 0.4) is 0 Å². The number of hydrogen-bond acceptors (Lipinski definition) is 4. The van der Waals surface area contributed by atoms with Gasteiger partial charge in [-0.25, -0.2) is 9.78 Å². The Morgan fingerprint density at radius 1 is 1.45 bits per heavy atom. The summed E-state index contributed by atoms with van der Waals surface area (Å²) in [7, 11) is 0. The molecule has 0 aliphatic carbocycles. The Hall–Kier alpha value is -1.62. The van der Waals surface area contributed by atoms with Crippen LogP contribution >= 0.6 is 11.3 Å². The van der Waals surface area contributed by atoms with Crippen molar-refractivity contribution in [3.8, 4) is 5.75 Å². The highest BCUT2D eigenvalue weighted by molar-refractivity contribution is 7.18. The third kappa shape index (κ3) is 3.48. The van der Waals surface area contributed by atoms with Crippen LogP contribution in [0.4, 0.5) is 0 Å². The third-order valence-corrected chi connectivity index (χ3v) is 3.78. The average molecular weight is 293 g/mol. The summed E-state index contributed by atoms with van der Waals surface area (Å²) in [4.78, 5) is 15.5. The van der Waals surface area contributed by atoms with Gasteiger partial charge in [0, 0.05) is 6.42 Å². The highest BCUT2D eigenvalue weighted by Gasteiger charge is 2.18. The molecular weight excluding hydrogens is 274 g/mol. The zero-order valence-electron chi connectivity index (χ0n) is 12.1. The highest BCUT2D eigenvalue weighted by Crippen LogP contribution is 2.33. The first-order valence-electron chi connectivity index (χ1n) is 6.54. The fraction of sp³-hybridized carbons (Fsp3) is 0.467. The van der Waals surface area contributed by atoms with Crippen LogP contribution in [-0.4, -0.2) is 22.2 Å². The van der Waals surface area contributed by atoms with E-state index < -0.39 is 12.1 Å². The molecule has 1 atom stereocenters. The lowest BCUT2D eigenvalue weighted by Crippen LogP contribution is -2.22. The molecule has 4 nitrogen and oxygen atoms in total. The molecule has 108 valence electrons. The summed E-state index contributed by atoms with van der Waals surface area (Å²) in [6.45, 7) is 8.03. The smallest absolute Gasteiger partial charge is 0.344 e. The predicted octanol–water partition coefficient (Wildman–Crippen LogP) is 3.74. The number of thiazole rings is 1. The Bertz CT molecular complexity index is 628. The van der Waals surface area contributed by atoms with Crippen molar-refractivity contribution in [3.63, 3.8) is 0 Å². The van der Waals surface area contributed by atoms with E-state index in [1.807, 2.05) is 12.1 Å². The number of para-hydroxylation sites is 1. The lowest BCUT2D eigenvalue weighted by molar-refractivity contribution is -0.144. The molecule has 0 saturated carbocycles. The molecule has 1 aromatic carbocycles. The summed E-state index contributed by atoms with van der Waals surface area (Å²) < 4.78 is 6.50. The van der Waals surface area contributed by atoms with Crippen molar-refractivity contribution in [2.75, 3.05) is 0 Å². The van der Waals surface area contributed by atoms with Crippen LogP contribution in [0.25, 0.3) is 10.2 Å². The number of aromatic nitrogens is 1. The van der Waals surface area contributed by atoms with Gasteiger partial charge >= 0.3 is 5.97 Å². The zero-order chi connectivity index (χ0) is 14.9. The fourth-order valence-corrected chi connectivity index (χ4v) is 3.12. The van der Waals surface area contributed by atoms with Gasteiger partial charge in [0.05, 0.1) is 9.71 Å². The molecule has 0 radical (unpaired) electrons. The second kappa shape index (κ2) is 5.40. The molecule has 1 N–H and O–H groups in total. The van der Waals surface area contributed by atoms with Crippen molar-refractivity contribution < 1.29 is 14.6 Å². The van der Waals surface area contributed by atoms with Crippen LogP contribution < -0.4 is 4.74 Å². The Morgan fingerprint density at radius 2 is 2.15 bits per heavy atom. The van der Waals surface area contributed by atoms with Gasteiger partial charge in [0.25, 0.3) is 0 Å². The van der Waals surface area contributed by atoms with Crippen molar-refractivity contribution in [2.24, 2.45) is 5.41 Å². The highest BCUT2D eigenvalue weighted by atomic mass is 32.1. The number of carboxylic acid groups (broad SMARTS) is 1. The minimum absolute atomic E-state index is 0.170. The van der Waals surface area contributed by atoms with Crippen LogP contribution in [0.1, 0.15) is 32.7 Å². The van der Waals surface area contributed by atoms with E-state index in [9.17, 15) is 4.79 Å². The van der Waals surface area contributed by atoms with Crippen LogP contribution in [-0.2, 0) is 11.2 Å². The van der Waals surface area contributed by atoms with Crippen molar-refractivity contribution in [3.05, 3.63) is 23.2 Å². The number of hydrogen-bond donors (Lipinski definition) is 1. The second-order valence-electron chi connectivity index (χ2n) is 6.05. The first-order chi connectivity index (χ1) is 9.26. The Balaban J connectivity index is 2.34. The second-order valence-corrected chi connectivity index (χ2v) is 7.16. The topological polar surface area (TPSA) is 59.4 Å². The van der Waals surface area contributed by atoms with Crippen molar-refractivity contribution in [2.45, 2.75) is 40.2 Å². The van der Waals surface area contributed by atoms with Gasteiger partial charge in [-0.15, -0.1) is 11.3 Å². The molecule has 1 heterocycles. The number of nitrogens with zero attached hydrogens (tertiary/aromatic N) is 1. The molecule has 0 fully saturated rings. The fourth-order valence-electron chi connectivity index (χ4n) is 1.83. The molecule has 0 amide bonds. The summed E-state index contributed by atoms with van der Waals surface area (Å²) in [5, 5.41) is 9.98. The number of carboxylic acids is 1. The molecule has 0 spiro atoms. The minimum Gasteiger partial charge on any atom is -0.479 e. The molecule has 2 rings (SSSR count). The van der Waals surface area contributed by atoms with E-state index in [2.05, 4.69) is 25.8 Å². The van der Waals surface area contributed by atoms with E-state index in [-0.39, 0.29) is 5.41 Å². The molecule has 1 unspecified atom stereocenters. The first kappa shape index (κ1) is 14.8. The monoisotopic (exact) mass is 293 g/mol. The number of carbonyl (C=O) groups is 1. The molecule has 0 aliphatic heterocycles. The molecule has 0 aliphatic rings. The molecule has 1 aromatic heterocycles. The van der Waals surface area contributed by atoms with Gasteiger partial charge in [-0.1, -0.05) is 26.8 Å². The number of ether oxygens (including phenoxy) is 1. The minimum atomic E-state index is -0.979. The summed E-state index contributed by atoms with van der Waals surface area (Å²) in [6.07, 6.45) is 0.00802. The largest absolute Gasteiger partial charge is 0.479 e. The molecule has 0 bridgehead atoms. The molecular formula is C15H19NO3S. The molecule has 0 saturated heterocycles. The van der Waals surface area contributed by atoms with E-state index in [0.29, 0.717) is 5.75 Å². The van der Waals surface area contributed by atoms with E-state index in [0.717, 1.165) is 21.6 Å². The van der Waals surface area contributed by atoms with Crippen molar-refractivity contribution >= 4 is 27.5 Å². The van der Waals surface area contributed by atoms with E-state index >= 15 is 0 Å². The van der Waals surface area contributed by atoms with Crippen LogP contribution in [0.2, 0.25) is 0 Å². The Kier molecular flexibility index (Phi) is 3.99. The number of fused-ring (bicyclic) bond motifs is 1. The number of benzene rings is 1. The van der Waals surface area contributed by atoms with Gasteiger partial charge < -0.3 is 9.84 Å². The zero-order valence-corrected chi connectivity index (χ0v) is 13.0. The van der Waals surface area contributed by atoms with Crippen LogP contribution in [0.15, 0.2) is 18.2 Å². The van der Waals surface area contributed by atoms with E-state index in [4.69, 9.17) is 9.84 Å². The Labute approximate surface area is 122 Å². The first-order valence-corrected chi connectivity index (χ1v) is 7.36. The lowest BCUT2D eigenvalue weighted by Gasteiger charge is -2.15. The summed E-state index contributed by atoms with van der Waals surface area (Å²) in [5.41, 5.74) is 0.924.